The van der Waals surface area contributed by atoms with Gasteiger partial charge in [-0.05, 0) is 48.7 Å². The van der Waals surface area contributed by atoms with E-state index in [0.29, 0.717) is 25.3 Å². The number of carbonyl (C=O) groups is 1. The van der Waals surface area contributed by atoms with Gasteiger partial charge in [-0.15, -0.1) is 0 Å². The van der Waals surface area contributed by atoms with Crippen LogP contribution in [-0.4, -0.2) is 39.8 Å². The van der Waals surface area contributed by atoms with Crippen LogP contribution in [0.2, 0.25) is 0 Å². The molecule has 1 aliphatic rings. The van der Waals surface area contributed by atoms with Gasteiger partial charge in [0.1, 0.15) is 5.82 Å². The van der Waals surface area contributed by atoms with Crippen molar-refractivity contribution in [3.63, 3.8) is 0 Å². The smallest absolute Gasteiger partial charge is 0.251 e. The second kappa shape index (κ2) is 7.87. The maximum Gasteiger partial charge on any atom is 0.251 e. The molecule has 0 aromatic heterocycles. The first kappa shape index (κ1) is 18.4. The van der Waals surface area contributed by atoms with Crippen LogP contribution in [0.25, 0.3) is 0 Å². The lowest BCUT2D eigenvalue weighted by Crippen LogP contribution is -2.44. The van der Waals surface area contributed by atoms with E-state index >= 15 is 0 Å². The monoisotopic (exact) mass is 356 g/mol. The molecule has 5 heteroatoms. The molecule has 1 heterocycles. The molecule has 138 valence electrons. The van der Waals surface area contributed by atoms with Crippen LogP contribution >= 0.6 is 0 Å². The molecule has 1 amide bonds. The number of benzene rings is 2. The average Bonchev–Trinajstić information content (AvgIpc) is 2.67. The highest BCUT2D eigenvalue weighted by Gasteiger charge is 2.35. The van der Waals surface area contributed by atoms with Crippen LogP contribution < -0.4 is 10.2 Å². The number of hydrogen-bond donors (Lipinski definition) is 1. The minimum absolute atomic E-state index is 0.115. The Hall–Kier alpha value is -2.40. The lowest BCUT2D eigenvalue weighted by Gasteiger charge is -2.38. The number of hydrogen-bond acceptors (Lipinski definition) is 3. The number of carbonyl (C=O) groups excluding carboxylic acids is 1. The molecule has 1 aliphatic heterocycles. The molecule has 2 aromatic rings. The summed E-state index contributed by atoms with van der Waals surface area (Å²) in [4.78, 5) is 14.6. The number of ether oxygens (including phenoxy) is 1. The first-order valence-corrected chi connectivity index (χ1v) is 8.90. The number of halogens is 1. The summed E-state index contributed by atoms with van der Waals surface area (Å²) in [6, 6.07) is 14.2. The third-order valence-electron chi connectivity index (χ3n) is 5.10. The molecule has 0 atom stereocenters. The van der Waals surface area contributed by atoms with Gasteiger partial charge in [0.05, 0.1) is 0 Å². The molecule has 1 N–H and O–H groups in total. The molecule has 2 aromatic carbocycles. The lowest BCUT2D eigenvalue weighted by molar-refractivity contribution is 0.0486. The van der Waals surface area contributed by atoms with E-state index < -0.39 is 0 Å². The van der Waals surface area contributed by atoms with E-state index in [0.717, 1.165) is 24.1 Å². The van der Waals surface area contributed by atoms with E-state index in [2.05, 4.69) is 5.32 Å². The predicted molar refractivity (Wildman–Crippen MR) is 101 cm³/mol. The van der Waals surface area contributed by atoms with Crippen molar-refractivity contribution in [2.24, 2.45) is 0 Å². The lowest BCUT2D eigenvalue weighted by atomic mass is 9.74. The fourth-order valence-corrected chi connectivity index (χ4v) is 3.42. The third-order valence-corrected chi connectivity index (χ3v) is 5.10. The molecule has 0 unspecified atom stereocenters. The minimum atomic E-state index is -0.296. The number of rotatable bonds is 5. The van der Waals surface area contributed by atoms with Gasteiger partial charge >= 0.3 is 0 Å². The zero-order valence-electron chi connectivity index (χ0n) is 15.3. The van der Waals surface area contributed by atoms with Crippen LogP contribution in [0.5, 0.6) is 0 Å². The molecule has 26 heavy (non-hydrogen) atoms. The summed E-state index contributed by atoms with van der Waals surface area (Å²) in [5, 5.41) is 3.06. The Bertz CT molecular complexity index is 770. The number of amides is 1. The highest BCUT2D eigenvalue weighted by molar-refractivity contribution is 5.95. The standard InChI is InChI=1S/C21H25FN2O2/c1-24(2)19-8-3-5-16(13-19)20(25)23-15-21(9-11-26-12-10-21)17-6-4-7-18(22)14-17/h3-8,13-14H,9-12,15H2,1-2H3,(H,23,25). The average molecular weight is 356 g/mol. The highest BCUT2D eigenvalue weighted by Crippen LogP contribution is 2.34. The van der Waals surface area contributed by atoms with Crippen molar-refractivity contribution in [3.8, 4) is 0 Å². The molecular weight excluding hydrogens is 331 g/mol. The van der Waals surface area contributed by atoms with Crippen molar-refractivity contribution in [1.82, 2.24) is 5.32 Å². The van der Waals surface area contributed by atoms with E-state index in [1.54, 1.807) is 18.2 Å². The van der Waals surface area contributed by atoms with Crippen molar-refractivity contribution < 1.29 is 13.9 Å². The Morgan fingerprint density at radius 2 is 1.88 bits per heavy atom. The van der Waals surface area contributed by atoms with Crippen molar-refractivity contribution in [1.29, 1.82) is 0 Å². The van der Waals surface area contributed by atoms with Gasteiger partial charge in [0.15, 0.2) is 0 Å². The van der Waals surface area contributed by atoms with Gasteiger partial charge in [-0.3, -0.25) is 4.79 Å². The summed E-state index contributed by atoms with van der Waals surface area (Å²) in [6.07, 6.45) is 1.52. The molecule has 1 fully saturated rings. The van der Waals surface area contributed by atoms with Gasteiger partial charge in [-0.25, -0.2) is 4.39 Å². The Kier molecular flexibility index (Phi) is 5.57. The summed E-state index contributed by atoms with van der Waals surface area (Å²) >= 11 is 0. The summed E-state index contributed by atoms with van der Waals surface area (Å²) in [5.41, 5.74) is 2.22. The quantitative estimate of drug-likeness (QED) is 0.893. The summed E-state index contributed by atoms with van der Waals surface area (Å²) in [5.74, 6) is -0.366. The fraction of sp³-hybridized carbons (Fsp3) is 0.381. The second-order valence-corrected chi connectivity index (χ2v) is 7.03. The number of nitrogens with zero attached hydrogens (tertiary/aromatic N) is 1. The van der Waals surface area contributed by atoms with E-state index in [4.69, 9.17) is 4.74 Å². The van der Waals surface area contributed by atoms with Crippen LogP contribution in [0.3, 0.4) is 0 Å². The zero-order valence-corrected chi connectivity index (χ0v) is 15.3. The fourth-order valence-electron chi connectivity index (χ4n) is 3.42. The zero-order chi connectivity index (χ0) is 18.6. The first-order chi connectivity index (χ1) is 12.5. The van der Waals surface area contributed by atoms with Gasteiger partial charge in [0, 0.05) is 50.5 Å². The molecule has 1 saturated heterocycles. The Balaban J connectivity index is 1.78. The van der Waals surface area contributed by atoms with E-state index in [-0.39, 0.29) is 17.1 Å². The van der Waals surface area contributed by atoms with Crippen molar-refractivity contribution in [2.45, 2.75) is 18.3 Å². The number of anilines is 1. The van der Waals surface area contributed by atoms with Crippen molar-refractivity contribution >= 4 is 11.6 Å². The van der Waals surface area contributed by atoms with E-state index in [1.165, 1.54) is 6.07 Å². The molecule has 0 saturated carbocycles. The second-order valence-electron chi connectivity index (χ2n) is 7.03. The largest absolute Gasteiger partial charge is 0.381 e. The van der Waals surface area contributed by atoms with Gasteiger partial charge in [-0.2, -0.15) is 0 Å². The minimum Gasteiger partial charge on any atom is -0.381 e. The topological polar surface area (TPSA) is 41.6 Å². The third kappa shape index (κ3) is 4.05. The van der Waals surface area contributed by atoms with Crippen LogP contribution in [0.15, 0.2) is 48.5 Å². The maximum absolute atomic E-state index is 13.8. The Morgan fingerprint density at radius 3 is 2.58 bits per heavy atom. The molecule has 0 spiro atoms. The molecule has 3 rings (SSSR count). The predicted octanol–water partition coefficient (Wildman–Crippen LogP) is 3.37. The molecular formula is C21H25FN2O2. The molecule has 0 bridgehead atoms. The molecule has 4 nitrogen and oxygen atoms in total. The molecule has 0 aliphatic carbocycles. The summed E-state index contributed by atoms with van der Waals surface area (Å²) in [7, 11) is 3.88. The first-order valence-electron chi connectivity index (χ1n) is 8.90. The van der Waals surface area contributed by atoms with Crippen molar-refractivity contribution in [2.75, 3.05) is 38.8 Å². The van der Waals surface area contributed by atoms with E-state index in [9.17, 15) is 9.18 Å². The highest BCUT2D eigenvalue weighted by atomic mass is 19.1. The van der Waals surface area contributed by atoms with Crippen LogP contribution in [0.1, 0.15) is 28.8 Å². The van der Waals surface area contributed by atoms with E-state index in [1.807, 2.05) is 43.3 Å². The van der Waals surface area contributed by atoms with Gasteiger partial charge < -0.3 is 15.0 Å². The van der Waals surface area contributed by atoms with Gasteiger partial charge in [0.2, 0.25) is 0 Å². The Morgan fingerprint density at radius 1 is 1.15 bits per heavy atom. The maximum atomic E-state index is 13.8. The number of nitrogens with one attached hydrogen (secondary N) is 1. The van der Waals surface area contributed by atoms with Crippen LogP contribution in [-0.2, 0) is 10.2 Å². The normalized spacial score (nSPS) is 16.1. The summed E-state index contributed by atoms with van der Waals surface area (Å²) < 4.78 is 19.3. The SMILES string of the molecule is CN(C)c1cccc(C(=O)NCC2(c3cccc(F)c3)CCOCC2)c1. The van der Waals surface area contributed by atoms with Gasteiger partial charge in [-0.1, -0.05) is 18.2 Å². The van der Waals surface area contributed by atoms with Crippen LogP contribution in [0.4, 0.5) is 10.1 Å². The molecule has 0 radical (unpaired) electrons. The van der Waals surface area contributed by atoms with Crippen LogP contribution in [0, 0.1) is 5.82 Å². The summed E-state index contributed by atoms with van der Waals surface area (Å²) in [6.45, 7) is 1.69. The Labute approximate surface area is 154 Å². The van der Waals surface area contributed by atoms with Gasteiger partial charge in [0.25, 0.3) is 5.91 Å². The van der Waals surface area contributed by atoms with Crippen molar-refractivity contribution in [3.05, 3.63) is 65.5 Å².